The lowest BCUT2D eigenvalue weighted by Gasteiger charge is -2.19. The number of alkyl carbamates (subject to hydrolysis) is 1. The van der Waals surface area contributed by atoms with Crippen molar-refractivity contribution in [1.29, 1.82) is 0 Å². The number of aromatic nitrogens is 2. The summed E-state index contributed by atoms with van der Waals surface area (Å²) in [5.41, 5.74) is -1.52. The largest absolute Gasteiger partial charge is 0.444 e. The Morgan fingerprint density at radius 3 is 2.67 bits per heavy atom. The van der Waals surface area contributed by atoms with Crippen molar-refractivity contribution in [2.45, 2.75) is 39.0 Å². The van der Waals surface area contributed by atoms with Crippen molar-refractivity contribution in [3.63, 3.8) is 0 Å². The molecule has 0 aliphatic heterocycles. The summed E-state index contributed by atoms with van der Waals surface area (Å²) in [6, 6.07) is 0. The van der Waals surface area contributed by atoms with Gasteiger partial charge in [0.25, 0.3) is 0 Å². The van der Waals surface area contributed by atoms with Gasteiger partial charge in [0, 0.05) is 12.1 Å². The molecule has 1 rings (SSSR count). The van der Waals surface area contributed by atoms with Gasteiger partial charge in [-0.3, -0.25) is 5.10 Å². The zero-order valence-electron chi connectivity index (χ0n) is 12.0. The summed E-state index contributed by atoms with van der Waals surface area (Å²) in [5, 5.41) is 7.79. The van der Waals surface area contributed by atoms with Crippen LogP contribution < -0.4 is 5.32 Å². The molecule has 0 saturated heterocycles. The van der Waals surface area contributed by atoms with Crippen molar-refractivity contribution < 1.29 is 22.7 Å². The Kier molecular flexibility index (Phi) is 5.40. The summed E-state index contributed by atoms with van der Waals surface area (Å²) in [4.78, 5) is 11.3. The van der Waals surface area contributed by atoms with E-state index in [1.54, 1.807) is 20.8 Å². The number of hydrogen-bond donors (Lipinski definition) is 2. The van der Waals surface area contributed by atoms with Crippen LogP contribution in [0.1, 0.15) is 38.4 Å². The van der Waals surface area contributed by atoms with Gasteiger partial charge in [-0.15, -0.1) is 0 Å². The number of alkyl halides is 3. The maximum absolute atomic E-state index is 12.5. The molecule has 0 bridgehead atoms. The third kappa shape index (κ3) is 6.33. The quantitative estimate of drug-likeness (QED) is 0.838. The van der Waals surface area contributed by atoms with Gasteiger partial charge in [0.1, 0.15) is 11.3 Å². The molecule has 118 valence electrons. The van der Waals surface area contributed by atoms with Crippen molar-refractivity contribution >= 4 is 12.2 Å². The average molecular weight is 305 g/mol. The van der Waals surface area contributed by atoms with Crippen LogP contribution in [-0.4, -0.2) is 28.4 Å². The van der Waals surface area contributed by atoms with Gasteiger partial charge in [-0.1, -0.05) is 12.2 Å². The number of halogens is 3. The summed E-state index contributed by atoms with van der Waals surface area (Å²) < 4.78 is 42.6. The Bertz CT molecular complexity index is 501. The molecule has 0 atom stereocenters. The number of H-pyrrole nitrogens is 1. The molecule has 2 N–H and O–H groups in total. The highest BCUT2D eigenvalue weighted by atomic mass is 19.4. The van der Waals surface area contributed by atoms with Gasteiger partial charge < -0.3 is 10.1 Å². The van der Waals surface area contributed by atoms with E-state index in [2.05, 4.69) is 10.4 Å². The Labute approximate surface area is 120 Å². The molecule has 1 amide bonds. The molecule has 0 unspecified atom stereocenters. The summed E-state index contributed by atoms with van der Waals surface area (Å²) in [6.45, 7) is 5.49. The lowest BCUT2D eigenvalue weighted by molar-refractivity contribution is -0.141. The maximum Gasteiger partial charge on any atom is 0.433 e. The first-order valence-corrected chi connectivity index (χ1v) is 6.33. The molecule has 0 saturated carbocycles. The summed E-state index contributed by atoms with van der Waals surface area (Å²) in [6.07, 6.45) is -0.719. The highest BCUT2D eigenvalue weighted by Crippen LogP contribution is 2.30. The molecule has 0 fully saturated rings. The number of hydrogen-bond acceptors (Lipinski definition) is 3. The maximum atomic E-state index is 12.5. The third-order valence-corrected chi connectivity index (χ3v) is 2.23. The van der Waals surface area contributed by atoms with Crippen LogP contribution in [0, 0.1) is 0 Å². The predicted octanol–water partition coefficient (Wildman–Crippen LogP) is 3.36. The second-order valence-electron chi connectivity index (χ2n) is 5.32. The van der Waals surface area contributed by atoms with Gasteiger partial charge in [0.15, 0.2) is 0 Å². The fraction of sp³-hybridized carbons (Fsp3) is 0.538. The number of ether oxygens (including phenoxy) is 1. The van der Waals surface area contributed by atoms with E-state index < -0.39 is 23.6 Å². The number of rotatable bonds is 4. The molecule has 1 aromatic heterocycles. The van der Waals surface area contributed by atoms with E-state index in [9.17, 15) is 18.0 Å². The number of aromatic amines is 1. The number of carbonyl (C=O) groups is 1. The summed E-state index contributed by atoms with van der Waals surface area (Å²) in [5.74, 6) is 0. The van der Waals surface area contributed by atoms with Crippen molar-refractivity contribution in [2.24, 2.45) is 0 Å². The standard InChI is InChI=1S/C13H18F3N3O2/c1-12(2,3)21-11(20)17-7-5-4-6-9-8-18-19-10(9)13(14,15)16/h4,6,8H,5,7H2,1-3H3,(H,17,20)(H,18,19). The van der Waals surface area contributed by atoms with Crippen LogP contribution in [0.2, 0.25) is 0 Å². The topological polar surface area (TPSA) is 67.0 Å². The van der Waals surface area contributed by atoms with Crippen LogP contribution in [-0.2, 0) is 10.9 Å². The number of nitrogens with zero attached hydrogens (tertiary/aromatic N) is 1. The molecule has 0 spiro atoms. The smallest absolute Gasteiger partial charge is 0.433 e. The van der Waals surface area contributed by atoms with E-state index in [1.807, 2.05) is 5.10 Å². The normalized spacial score (nSPS) is 12.7. The highest BCUT2D eigenvalue weighted by Gasteiger charge is 2.34. The predicted molar refractivity (Wildman–Crippen MR) is 71.5 cm³/mol. The Hall–Kier alpha value is -1.99. The Morgan fingerprint density at radius 2 is 2.10 bits per heavy atom. The molecule has 8 heteroatoms. The summed E-state index contributed by atoms with van der Waals surface area (Å²) in [7, 11) is 0. The van der Waals surface area contributed by atoms with E-state index in [1.165, 1.54) is 12.2 Å². The minimum absolute atomic E-state index is 0.0419. The third-order valence-electron chi connectivity index (χ3n) is 2.23. The van der Waals surface area contributed by atoms with Crippen LogP contribution >= 0.6 is 0 Å². The van der Waals surface area contributed by atoms with Gasteiger partial charge in [-0.05, 0) is 27.2 Å². The molecule has 1 heterocycles. The monoisotopic (exact) mass is 305 g/mol. The zero-order valence-corrected chi connectivity index (χ0v) is 12.0. The number of amides is 1. The fourth-order valence-corrected chi connectivity index (χ4v) is 1.43. The average Bonchev–Trinajstić information content (AvgIpc) is 2.74. The van der Waals surface area contributed by atoms with Crippen molar-refractivity contribution in [2.75, 3.05) is 6.54 Å². The zero-order chi connectivity index (χ0) is 16.1. The first-order chi connectivity index (χ1) is 9.59. The molecule has 1 aromatic rings. The first kappa shape index (κ1) is 17.1. The fourth-order valence-electron chi connectivity index (χ4n) is 1.43. The molecule has 0 aliphatic rings. The molecule has 21 heavy (non-hydrogen) atoms. The Balaban J connectivity index is 2.40. The van der Waals surface area contributed by atoms with E-state index in [4.69, 9.17) is 4.74 Å². The lowest BCUT2D eigenvalue weighted by atomic mass is 10.2. The minimum Gasteiger partial charge on any atom is -0.444 e. The molecular formula is C13H18F3N3O2. The number of nitrogens with one attached hydrogen (secondary N) is 2. The van der Waals surface area contributed by atoms with E-state index in [0.717, 1.165) is 6.20 Å². The van der Waals surface area contributed by atoms with E-state index in [-0.39, 0.29) is 12.1 Å². The van der Waals surface area contributed by atoms with Crippen LogP contribution in [0.25, 0.3) is 6.08 Å². The van der Waals surface area contributed by atoms with E-state index >= 15 is 0 Å². The second kappa shape index (κ2) is 6.64. The summed E-state index contributed by atoms with van der Waals surface area (Å²) >= 11 is 0. The van der Waals surface area contributed by atoms with Crippen molar-refractivity contribution in [3.05, 3.63) is 23.5 Å². The molecular weight excluding hydrogens is 287 g/mol. The number of carbonyl (C=O) groups excluding carboxylic acids is 1. The lowest BCUT2D eigenvalue weighted by Crippen LogP contribution is -2.32. The molecule has 0 aliphatic carbocycles. The SMILES string of the molecule is CC(C)(C)OC(=O)NCCC=Cc1cn[nH]c1C(F)(F)F. The molecule has 0 radical (unpaired) electrons. The minimum atomic E-state index is -4.47. The van der Waals surface area contributed by atoms with Gasteiger partial charge in [-0.2, -0.15) is 18.3 Å². The van der Waals surface area contributed by atoms with Gasteiger partial charge in [-0.25, -0.2) is 4.79 Å². The van der Waals surface area contributed by atoms with Crippen molar-refractivity contribution in [3.8, 4) is 0 Å². The van der Waals surface area contributed by atoms with Crippen LogP contribution in [0.3, 0.4) is 0 Å². The van der Waals surface area contributed by atoms with Crippen LogP contribution in [0.5, 0.6) is 0 Å². The highest BCUT2D eigenvalue weighted by molar-refractivity contribution is 5.67. The first-order valence-electron chi connectivity index (χ1n) is 6.33. The second-order valence-corrected chi connectivity index (χ2v) is 5.32. The molecule has 0 aromatic carbocycles. The van der Waals surface area contributed by atoms with Gasteiger partial charge >= 0.3 is 12.3 Å². The Morgan fingerprint density at radius 1 is 1.43 bits per heavy atom. The molecule has 5 nitrogen and oxygen atoms in total. The van der Waals surface area contributed by atoms with E-state index in [0.29, 0.717) is 6.42 Å². The van der Waals surface area contributed by atoms with Crippen LogP contribution in [0.4, 0.5) is 18.0 Å². The van der Waals surface area contributed by atoms with Gasteiger partial charge in [0.2, 0.25) is 0 Å². The van der Waals surface area contributed by atoms with Crippen LogP contribution in [0.15, 0.2) is 12.3 Å². The van der Waals surface area contributed by atoms with Gasteiger partial charge in [0.05, 0.1) is 6.20 Å². The van der Waals surface area contributed by atoms with Crippen molar-refractivity contribution in [1.82, 2.24) is 15.5 Å².